The fourth-order valence-electron chi connectivity index (χ4n) is 4.31. The molecule has 3 nitrogen and oxygen atoms in total. The molecule has 3 fully saturated rings. The second-order valence-corrected chi connectivity index (χ2v) is 6.73. The summed E-state index contributed by atoms with van der Waals surface area (Å²) in [5.41, 5.74) is 0. The predicted molar refractivity (Wildman–Crippen MR) is 75.8 cm³/mol. The normalized spacial score (nSPS) is 41.8. The molecule has 4 unspecified atom stereocenters. The molecule has 2 saturated heterocycles. The molecule has 18 heavy (non-hydrogen) atoms. The molecule has 2 N–H and O–H groups in total. The van der Waals surface area contributed by atoms with Crippen molar-refractivity contribution < 1.29 is 0 Å². The summed E-state index contributed by atoms with van der Waals surface area (Å²) in [6, 6.07) is 1.61. The molecule has 0 aromatic heterocycles. The highest BCUT2D eigenvalue weighted by atomic mass is 15.1. The van der Waals surface area contributed by atoms with Crippen LogP contribution in [0.25, 0.3) is 0 Å². The van der Waals surface area contributed by atoms with Crippen LogP contribution in [0.15, 0.2) is 0 Å². The highest BCUT2D eigenvalue weighted by Gasteiger charge is 2.35. The second kappa shape index (κ2) is 5.89. The quantitative estimate of drug-likeness (QED) is 0.792. The molecule has 1 aliphatic carbocycles. The van der Waals surface area contributed by atoms with E-state index in [1.54, 1.807) is 0 Å². The van der Waals surface area contributed by atoms with E-state index in [1.165, 1.54) is 64.7 Å². The molecule has 0 spiro atoms. The van der Waals surface area contributed by atoms with Crippen molar-refractivity contribution in [2.75, 3.05) is 33.2 Å². The number of nitrogens with zero attached hydrogens (tertiary/aromatic N) is 1. The lowest BCUT2D eigenvalue weighted by atomic mass is 9.92. The third kappa shape index (κ3) is 2.89. The van der Waals surface area contributed by atoms with Crippen LogP contribution in [0.3, 0.4) is 0 Å². The van der Waals surface area contributed by atoms with Gasteiger partial charge in [0.15, 0.2) is 0 Å². The monoisotopic (exact) mass is 251 g/mol. The Kier molecular flexibility index (Phi) is 4.22. The van der Waals surface area contributed by atoms with Crippen LogP contribution < -0.4 is 10.6 Å². The Balaban J connectivity index is 1.46. The number of nitrogens with one attached hydrogen (secondary N) is 2. The summed E-state index contributed by atoms with van der Waals surface area (Å²) in [5.74, 6) is 1.81. The van der Waals surface area contributed by atoms with Crippen LogP contribution in [-0.4, -0.2) is 50.2 Å². The van der Waals surface area contributed by atoms with Crippen molar-refractivity contribution in [3.63, 3.8) is 0 Å². The molecule has 104 valence electrons. The van der Waals surface area contributed by atoms with Crippen molar-refractivity contribution in [1.29, 1.82) is 0 Å². The summed E-state index contributed by atoms with van der Waals surface area (Å²) in [4.78, 5) is 2.47. The minimum absolute atomic E-state index is 0.798. The molecule has 0 aromatic rings. The molecular weight excluding hydrogens is 222 g/mol. The van der Waals surface area contributed by atoms with Crippen molar-refractivity contribution in [1.82, 2.24) is 15.5 Å². The molecule has 3 heteroatoms. The summed E-state index contributed by atoms with van der Waals surface area (Å²) >= 11 is 0. The van der Waals surface area contributed by atoms with Crippen LogP contribution in [0.5, 0.6) is 0 Å². The van der Waals surface area contributed by atoms with Crippen molar-refractivity contribution in [2.45, 2.75) is 50.6 Å². The maximum absolute atomic E-state index is 3.90. The van der Waals surface area contributed by atoms with E-state index in [-0.39, 0.29) is 0 Å². The zero-order valence-corrected chi connectivity index (χ0v) is 11.8. The molecular formula is C15H29N3. The second-order valence-electron chi connectivity index (χ2n) is 6.73. The molecule has 0 radical (unpaired) electrons. The molecule has 3 rings (SSSR count). The van der Waals surface area contributed by atoms with E-state index in [0.29, 0.717) is 0 Å². The van der Waals surface area contributed by atoms with Gasteiger partial charge in [0.2, 0.25) is 0 Å². The Labute approximate surface area is 112 Å². The van der Waals surface area contributed by atoms with E-state index in [0.717, 1.165) is 23.9 Å². The van der Waals surface area contributed by atoms with Gasteiger partial charge in [-0.2, -0.15) is 0 Å². The first-order valence-electron chi connectivity index (χ1n) is 7.98. The first kappa shape index (κ1) is 12.9. The van der Waals surface area contributed by atoms with Gasteiger partial charge in [0.05, 0.1) is 0 Å². The SMILES string of the molecule is CN1CCC(CNC2CCCC2C2CCCN2)C1. The zero-order chi connectivity index (χ0) is 12.4. The number of hydrogen-bond donors (Lipinski definition) is 2. The molecule has 4 atom stereocenters. The summed E-state index contributed by atoms with van der Waals surface area (Å²) in [7, 11) is 2.25. The van der Waals surface area contributed by atoms with Gasteiger partial charge in [-0.15, -0.1) is 0 Å². The minimum Gasteiger partial charge on any atom is -0.314 e. The Morgan fingerprint density at radius 2 is 2.11 bits per heavy atom. The highest BCUT2D eigenvalue weighted by molar-refractivity contribution is 4.93. The molecule has 2 heterocycles. The smallest absolute Gasteiger partial charge is 0.0111 e. The van der Waals surface area contributed by atoms with Crippen molar-refractivity contribution in [3.8, 4) is 0 Å². The first-order valence-corrected chi connectivity index (χ1v) is 7.98. The van der Waals surface area contributed by atoms with Crippen LogP contribution in [0.1, 0.15) is 38.5 Å². The van der Waals surface area contributed by atoms with Crippen molar-refractivity contribution in [2.24, 2.45) is 11.8 Å². The molecule has 3 aliphatic rings. The molecule has 2 aliphatic heterocycles. The maximum Gasteiger partial charge on any atom is 0.0111 e. The van der Waals surface area contributed by atoms with Gasteiger partial charge in [-0.1, -0.05) is 6.42 Å². The Morgan fingerprint density at radius 1 is 1.17 bits per heavy atom. The van der Waals surface area contributed by atoms with Crippen molar-refractivity contribution in [3.05, 3.63) is 0 Å². The third-order valence-electron chi connectivity index (χ3n) is 5.34. The summed E-state index contributed by atoms with van der Waals surface area (Å²) in [6.45, 7) is 5.09. The molecule has 1 saturated carbocycles. The molecule has 0 amide bonds. The summed E-state index contributed by atoms with van der Waals surface area (Å²) in [5, 5.41) is 7.62. The zero-order valence-electron chi connectivity index (χ0n) is 11.8. The number of rotatable bonds is 4. The van der Waals surface area contributed by atoms with Crippen molar-refractivity contribution >= 4 is 0 Å². The Bertz CT molecular complexity index is 262. The van der Waals surface area contributed by atoms with Gasteiger partial charge in [-0.25, -0.2) is 0 Å². The Morgan fingerprint density at radius 3 is 2.83 bits per heavy atom. The summed E-state index contributed by atoms with van der Waals surface area (Å²) in [6.07, 6.45) is 8.48. The van der Waals surface area contributed by atoms with Gasteiger partial charge in [-0.3, -0.25) is 0 Å². The lowest BCUT2D eigenvalue weighted by Gasteiger charge is -2.27. The fourth-order valence-corrected chi connectivity index (χ4v) is 4.31. The van der Waals surface area contributed by atoms with E-state index >= 15 is 0 Å². The number of likely N-dealkylation sites (tertiary alicyclic amines) is 1. The van der Waals surface area contributed by atoms with Gasteiger partial charge in [0, 0.05) is 18.6 Å². The standard InChI is InChI=1S/C15H29N3/c1-18-9-7-12(11-18)10-17-15-5-2-4-13(15)14-6-3-8-16-14/h12-17H,2-11H2,1H3. The molecule has 0 aromatic carbocycles. The third-order valence-corrected chi connectivity index (χ3v) is 5.34. The van der Waals surface area contributed by atoms with E-state index in [2.05, 4.69) is 22.6 Å². The van der Waals surface area contributed by atoms with Crippen LogP contribution in [-0.2, 0) is 0 Å². The number of hydrogen-bond acceptors (Lipinski definition) is 3. The van der Waals surface area contributed by atoms with Gasteiger partial charge in [0.1, 0.15) is 0 Å². The highest BCUT2D eigenvalue weighted by Crippen LogP contribution is 2.32. The first-order chi connectivity index (χ1) is 8.83. The lowest BCUT2D eigenvalue weighted by Crippen LogP contribution is -2.43. The van der Waals surface area contributed by atoms with E-state index in [1.807, 2.05) is 0 Å². The van der Waals surface area contributed by atoms with Crippen LogP contribution in [0, 0.1) is 11.8 Å². The van der Waals surface area contributed by atoms with Gasteiger partial charge >= 0.3 is 0 Å². The summed E-state index contributed by atoms with van der Waals surface area (Å²) < 4.78 is 0. The maximum atomic E-state index is 3.90. The fraction of sp³-hybridized carbons (Fsp3) is 1.00. The van der Waals surface area contributed by atoms with Gasteiger partial charge < -0.3 is 15.5 Å². The minimum atomic E-state index is 0.798. The largest absolute Gasteiger partial charge is 0.314 e. The average Bonchev–Trinajstić information content (AvgIpc) is 3.07. The van der Waals surface area contributed by atoms with Crippen LogP contribution in [0.2, 0.25) is 0 Å². The Hall–Kier alpha value is -0.120. The van der Waals surface area contributed by atoms with Gasteiger partial charge in [-0.05, 0) is 70.6 Å². The lowest BCUT2D eigenvalue weighted by molar-refractivity contribution is 0.304. The van der Waals surface area contributed by atoms with Gasteiger partial charge in [0.25, 0.3) is 0 Å². The van der Waals surface area contributed by atoms with E-state index in [9.17, 15) is 0 Å². The van der Waals surface area contributed by atoms with Crippen LogP contribution >= 0.6 is 0 Å². The predicted octanol–water partition coefficient (Wildman–Crippen LogP) is 1.45. The molecule has 0 bridgehead atoms. The topological polar surface area (TPSA) is 27.3 Å². The van der Waals surface area contributed by atoms with E-state index in [4.69, 9.17) is 0 Å². The van der Waals surface area contributed by atoms with Crippen LogP contribution in [0.4, 0.5) is 0 Å². The average molecular weight is 251 g/mol. The van der Waals surface area contributed by atoms with E-state index < -0.39 is 0 Å².